The third-order valence-corrected chi connectivity index (χ3v) is 4.33. The molecule has 0 amide bonds. The van der Waals surface area contributed by atoms with E-state index in [9.17, 15) is 0 Å². The average Bonchev–Trinajstić information content (AvgIpc) is 2.47. The second-order valence-electron chi connectivity index (χ2n) is 5.76. The number of aromatic nitrogens is 1. The van der Waals surface area contributed by atoms with Gasteiger partial charge < -0.3 is 5.73 Å². The highest BCUT2D eigenvalue weighted by molar-refractivity contribution is 5.79. The molecule has 0 aliphatic rings. The maximum absolute atomic E-state index is 6.55. The number of rotatable bonds is 5. The fourth-order valence-corrected chi connectivity index (χ4v) is 2.93. The molecule has 2 aromatic rings. The lowest BCUT2D eigenvalue weighted by Gasteiger charge is -2.42. The molecule has 1 aromatic heterocycles. The van der Waals surface area contributed by atoms with Crippen molar-refractivity contribution in [2.24, 2.45) is 5.73 Å². The lowest BCUT2D eigenvalue weighted by atomic mass is 9.87. The second-order valence-corrected chi connectivity index (χ2v) is 5.76. The van der Waals surface area contributed by atoms with Crippen LogP contribution in [0.1, 0.15) is 39.3 Å². The first-order valence-corrected chi connectivity index (χ1v) is 7.36. The van der Waals surface area contributed by atoms with Crippen LogP contribution in [-0.4, -0.2) is 28.5 Å². The van der Waals surface area contributed by atoms with Crippen LogP contribution in [0.15, 0.2) is 36.5 Å². The summed E-state index contributed by atoms with van der Waals surface area (Å²) in [6.45, 7) is 10.8. The van der Waals surface area contributed by atoms with Crippen molar-refractivity contribution in [1.29, 1.82) is 0 Å². The van der Waals surface area contributed by atoms with E-state index in [1.165, 1.54) is 5.56 Å². The fourth-order valence-electron chi connectivity index (χ4n) is 2.93. The molecule has 0 spiro atoms. The van der Waals surface area contributed by atoms with Crippen LogP contribution >= 0.6 is 0 Å². The van der Waals surface area contributed by atoms with E-state index in [4.69, 9.17) is 5.73 Å². The van der Waals surface area contributed by atoms with Crippen molar-refractivity contribution in [2.75, 3.05) is 13.1 Å². The number of likely N-dealkylation sites (N-methyl/N-ethyl adjacent to an activating group) is 1. The van der Waals surface area contributed by atoms with Gasteiger partial charge in [0.25, 0.3) is 0 Å². The van der Waals surface area contributed by atoms with Gasteiger partial charge >= 0.3 is 0 Å². The minimum Gasteiger partial charge on any atom is -0.322 e. The molecule has 0 bridgehead atoms. The van der Waals surface area contributed by atoms with E-state index in [-0.39, 0.29) is 11.6 Å². The number of hydrogen-bond donors (Lipinski definition) is 1. The summed E-state index contributed by atoms with van der Waals surface area (Å²) in [5, 5.41) is 1.15. The summed E-state index contributed by atoms with van der Waals surface area (Å²) in [5.74, 6) is 0. The maximum Gasteiger partial charge on any atom is 0.0702 e. The number of fused-ring (bicyclic) bond motifs is 1. The zero-order valence-corrected chi connectivity index (χ0v) is 12.9. The molecular weight excluding hydrogens is 246 g/mol. The molecule has 2 rings (SSSR count). The van der Waals surface area contributed by atoms with Gasteiger partial charge in [-0.15, -0.1) is 0 Å². The van der Waals surface area contributed by atoms with Crippen LogP contribution in [0.3, 0.4) is 0 Å². The fraction of sp³-hybridized carbons (Fsp3) is 0.471. The van der Waals surface area contributed by atoms with Crippen molar-refractivity contribution in [3.63, 3.8) is 0 Å². The van der Waals surface area contributed by atoms with E-state index in [0.29, 0.717) is 0 Å². The van der Waals surface area contributed by atoms with Crippen LogP contribution in [-0.2, 0) is 0 Å². The zero-order valence-electron chi connectivity index (χ0n) is 12.9. The van der Waals surface area contributed by atoms with Gasteiger partial charge in [0.2, 0.25) is 0 Å². The number of nitrogens with two attached hydrogens (primary N) is 1. The molecule has 3 nitrogen and oxygen atoms in total. The Balaban J connectivity index is 2.37. The number of benzene rings is 1. The van der Waals surface area contributed by atoms with Crippen molar-refractivity contribution in [3.8, 4) is 0 Å². The minimum atomic E-state index is -0.0701. The normalized spacial score (nSPS) is 13.9. The Hall–Kier alpha value is -1.45. The van der Waals surface area contributed by atoms with Crippen molar-refractivity contribution in [2.45, 2.75) is 39.3 Å². The van der Waals surface area contributed by atoms with Crippen LogP contribution in [0, 0.1) is 0 Å². The molecule has 0 saturated heterocycles. The van der Waals surface area contributed by atoms with Gasteiger partial charge in [-0.2, -0.15) is 0 Å². The van der Waals surface area contributed by atoms with Crippen LogP contribution in [0.25, 0.3) is 10.9 Å². The Labute approximate surface area is 121 Å². The summed E-state index contributed by atoms with van der Waals surface area (Å²) in [5.41, 5.74) is 8.67. The Kier molecular flexibility index (Phi) is 4.41. The topological polar surface area (TPSA) is 42.1 Å². The van der Waals surface area contributed by atoms with Crippen molar-refractivity contribution < 1.29 is 0 Å². The third kappa shape index (κ3) is 2.69. The largest absolute Gasteiger partial charge is 0.322 e. The quantitative estimate of drug-likeness (QED) is 0.906. The standard InChI is InChI=1S/C17H25N3/c1-5-20(6-2)17(3,4)16(18)14-9-10-15-13(12-14)8-7-11-19-15/h7-12,16H,5-6,18H2,1-4H3. The van der Waals surface area contributed by atoms with Gasteiger partial charge in [0.15, 0.2) is 0 Å². The molecule has 2 N–H and O–H groups in total. The molecule has 1 heterocycles. The van der Waals surface area contributed by atoms with Crippen molar-refractivity contribution in [1.82, 2.24) is 9.88 Å². The van der Waals surface area contributed by atoms with Gasteiger partial charge in [0, 0.05) is 23.2 Å². The number of hydrogen-bond acceptors (Lipinski definition) is 3. The van der Waals surface area contributed by atoms with E-state index in [2.05, 4.69) is 61.8 Å². The van der Waals surface area contributed by atoms with Gasteiger partial charge in [0.05, 0.1) is 5.52 Å². The lowest BCUT2D eigenvalue weighted by Crippen LogP contribution is -2.51. The summed E-state index contributed by atoms with van der Waals surface area (Å²) in [6.07, 6.45) is 1.82. The maximum atomic E-state index is 6.55. The Morgan fingerprint density at radius 2 is 1.90 bits per heavy atom. The minimum absolute atomic E-state index is 0.0213. The average molecular weight is 271 g/mol. The summed E-state index contributed by atoms with van der Waals surface area (Å²) < 4.78 is 0. The monoisotopic (exact) mass is 271 g/mol. The van der Waals surface area contributed by atoms with E-state index < -0.39 is 0 Å². The Morgan fingerprint density at radius 1 is 1.20 bits per heavy atom. The highest BCUT2D eigenvalue weighted by Crippen LogP contribution is 2.30. The van der Waals surface area contributed by atoms with Gasteiger partial charge in [0.1, 0.15) is 0 Å². The van der Waals surface area contributed by atoms with Gasteiger partial charge in [-0.25, -0.2) is 0 Å². The van der Waals surface area contributed by atoms with Crippen LogP contribution < -0.4 is 5.73 Å². The molecule has 108 valence electrons. The first-order valence-electron chi connectivity index (χ1n) is 7.36. The SMILES string of the molecule is CCN(CC)C(C)(C)C(N)c1ccc2ncccc2c1. The van der Waals surface area contributed by atoms with Gasteiger partial charge in [-0.1, -0.05) is 26.0 Å². The molecule has 0 saturated carbocycles. The first-order chi connectivity index (χ1) is 9.50. The molecule has 1 aromatic carbocycles. The van der Waals surface area contributed by atoms with Gasteiger partial charge in [-0.05, 0) is 50.7 Å². The highest BCUT2D eigenvalue weighted by atomic mass is 15.2. The number of pyridine rings is 1. The summed E-state index contributed by atoms with van der Waals surface area (Å²) in [4.78, 5) is 6.77. The second kappa shape index (κ2) is 5.90. The van der Waals surface area contributed by atoms with Crippen molar-refractivity contribution in [3.05, 3.63) is 42.1 Å². The Bertz CT molecular complexity index is 573. The van der Waals surface area contributed by atoms with E-state index in [0.717, 1.165) is 24.0 Å². The molecule has 0 aliphatic heterocycles. The van der Waals surface area contributed by atoms with Crippen LogP contribution in [0.5, 0.6) is 0 Å². The third-order valence-electron chi connectivity index (χ3n) is 4.33. The molecule has 20 heavy (non-hydrogen) atoms. The highest BCUT2D eigenvalue weighted by Gasteiger charge is 2.32. The molecule has 1 atom stereocenters. The summed E-state index contributed by atoms with van der Waals surface area (Å²) in [6, 6.07) is 10.4. The molecular formula is C17H25N3. The predicted octanol–water partition coefficient (Wildman–Crippen LogP) is 3.36. The zero-order chi connectivity index (χ0) is 14.8. The van der Waals surface area contributed by atoms with Gasteiger partial charge in [-0.3, -0.25) is 9.88 Å². The molecule has 0 radical (unpaired) electrons. The molecule has 1 unspecified atom stereocenters. The van der Waals surface area contributed by atoms with E-state index >= 15 is 0 Å². The predicted molar refractivity (Wildman–Crippen MR) is 85.7 cm³/mol. The van der Waals surface area contributed by atoms with Crippen molar-refractivity contribution >= 4 is 10.9 Å². The van der Waals surface area contributed by atoms with E-state index in [1.54, 1.807) is 0 Å². The molecule has 0 fully saturated rings. The lowest BCUT2D eigenvalue weighted by molar-refractivity contribution is 0.107. The first kappa shape index (κ1) is 14.9. The van der Waals surface area contributed by atoms with E-state index in [1.807, 2.05) is 12.3 Å². The molecule has 3 heteroatoms. The van der Waals surface area contributed by atoms with Crippen LogP contribution in [0.2, 0.25) is 0 Å². The number of nitrogens with zero attached hydrogens (tertiary/aromatic N) is 2. The van der Waals surface area contributed by atoms with Crippen LogP contribution in [0.4, 0.5) is 0 Å². The summed E-state index contributed by atoms with van der Waals surface area (Å²) in [7, 11) is 0. The Morgan fingerprint density at radius 3 is 2.55 bits per heavy atom. The smallest absolute Gasteiger partial charge is 0.0702 e. The summed E-state index contributed by atoms with van der Waals surface area (Å²) >= 11 is 0. The molecule has 0 aliphatic carbocycles.